The van der Waals surface area contributed by atoms with Crippen molar-refractivity contribution >= 4 is 15.9 Å². The Labute approximate surface area is 107 Å². The van der Waals surface area contributed by atoms with E-state index >= 15 is 0 Å². The Morgan fingerprint density at radius 2 is 1.82 bits per heavy atom. The maximum atomic E-state index is 13.2. The van der Waals surface area contributed by atoms with Crippen molar-refractivity contribution in [1.29, 1.82) is 0 Å². The lowest BCUT2D eigenvalue weighted by molar-refractivity contribution is -0.130. The number of fused-ring (bicyclic) bond motifs is 2. The van der Waals surface area contributed by atoms with Crippen LogP contribution in [0.4, 0.5) is 8.78 Å². The van der Waals surface area contributed by atoms with Crippen molar-refractivity contribution in [1.82, 2.24) is 0 Å². The topological polar surface area (TPSA) is 9.23 Å². The molecular formula is C13H13BrF2O. The highest BCUT2D eigenvalue weighted by Crippen LogP contribution is 2.50. The van der Waals surface area contributed by atoms with Crippen LogP contribution in [0.2, 0.25) is 0 Å². The van der Waals surface area contributed by atoms with Crippen LogP contribution in [0.15, 0.2) is 22.7 Å². The van der Waals surface area contributed by atoms with Gasteiger partial charge in [0, 0.05) is 17.3 Å². The molecule has 0 radical (unpaired) electrons. The normalized spacial score (nSPS) is 24.9. The van der Waals surface area contributed by atoms with Gasteiger partial charge in [-0.3, -0.25) is 0 Å². The molecule has 1 aromatic carbocycles. The Bertz CT molecular complexity index is 449. The summed E-state index contributed by atoms with van der Waals surface area (Å²) in [5.74, 6) is -2.51. The van der Waals surface area contributed by atoms with E-state index in [-0.39, 0.29) is 12.8 Å². The molecule has 0 amide bonds. The minimum absolute atomic E-state index is 0.0705. The van der Waals surface area contributed by atoms with E-state index in [4.69, 9.17) is 4.74 Å². The maximum absolute atomic E-state index is 13.2. The van der Waals surface area contributed by atoms with Crippen LogP contribution in [0.1, 0.15) is 36.8 Å². The van der Waals surface area contributed by atoms with Crippen LogP contribution in [-0.4, -0.2) is 5.92 Å². The van der Waals surface area contributed by atoms with Crippen molar-refractivity contribution in [3.05, 3.63) is 33.8 Å². The van der Waals surface area contributed by atoms with Crippen molar-refractivity contribution in [3.63, 3.8) is 0 Å². The van der Waals surface area contributed by atoms with Crippen LogP contribution in [0.5, 0.6) is 0 Å². The predicted molar refractivity (Wildman–Crippen MR) is 64.0 cm³/mol. The molecule has 1 aromatic rings. The first-order chi connectivity index (χ1) is 8.01. The Morgan fingerprint density at radius 1 is 1.12 bits per heavy atom. The lowest BCUT2D eigenvalue weighted by atomic mass is 9.78. The zero-order valence-electron chi connectivity index (χ0n) is 9.31. The van der Waals surface area contributed by atoms with E-state index in [9.17, 15) is 8.78 Å². The van der Waals surface area contributed by atoms with Crippen molar-refractivity contribution in [2.75, 3.05) is 0 Å². The SMILES string of the molecule is FC1(F)CCC2(CC1)OCc1ccc(Br)cc12. The quantitative estimate of drug-likeness (QED) is 0.691. The average Bonchev–Trinajstić information content (AvgIpc) is 2.63. The van der Waals surface area contributed by atoms with Crippen molar-refractivity contribution in [3.8, 4) is 0 Å². The van der Waals surface area contributed by atoms with Gasteiger partial charge >= 0.3 is 0 Å². The van der Waals surface area contributed by atoms with E-state index in [0.29, 0.717) is 19.4 Å². The fourth-order valence-corrected chi connectivity index (χ4v) is 3.19. The molecule has 0 atom stereocenters. The number of hydrogen-bond acceptors (Lipinski definition) is 1. The van der Waals surface area contributed by atoms with Gasteiger partial charge in [-0.25, -0.2) is 8.78 Å². The fraction of sp³-hybridized carbons (Fsp3) is 0.538. The van der Waals surface area contributed by atoms with Crippen LogP contribution in [0.25, 0.3) is 0 Å². The fourth-order valence-electron chi connectivity index (χ4n) is 2.83. The molecule has 1 aliphatic carbocycles. The summed E-state index contributed by atoms with van der Waals surface area (Å²) < 4.78 is 33.3. The van der Waals surface area contributed by atoms with Gasteiger partial charge in [-0.2, -0.15) is 0 Å². The maximum Gasteiger partial charge on any atom is 0.248 e. The molecule has 1 nitrogen and oxygen atoms in total. The molecule has 92 valence electrons. The number of rotatable bonds is 0. The van der Waals surface area contributed by atoms with E-state index in [1.165, 1.54) is 0 Å². The number of halogens is 3. The third kappa shape index (κ3) is 1.91. The minimum atomic E-state index is -2.51. The van der Waals surface area contributed by atoms with E-state index < -0.39 is 11.5 Å². The van der Waals surface area contributed by atoms with Gasteiger partial charge in [0.25, 0.3) is 0 Å². The van der Waals surface area contributed by atoms with Crippen molar-refractivity contribution in [2.45, 2.75) is 43.8 Å². The summed E-state index contributed by atoms with van der Waals surface area (Å²) in [5, 5.41) is 0. The molecule has 0 aromatic heterocycles. The second-order valence-corrected chi connectivity index (χ2v) is 5.86. The average molecular weight is 303 g/mol. The van der Waals surface area contributed by atoms with Crippen LogP contribution in [0.3, 0.4) is 0 Å². The molecule has 0 saturated heterocycles. The zero-order chi connectivity index (χ0) is 12.1. The Morgan fingerprint density at radius 3 is 2.53 bits per heavy atom. The third-order valence-electron chi connectivity index (χ3n) is 3.86. The van der Waals surface area contributed by atoms with Gasteiger partial charge in [-0.15, -0.1) is 0 Å². The molecule has 2 aliphatic rings. The summed E-state index contributed by atoms with van der Waals surface area (Å²) in [6.45, 7) is 0.550. The third-order valence-corrected chi connectivity index (χ3v) is 4.35. The first kappa shape index (κ1) is 11.6. The molecule has 3 rings (SSSR count). The van der Waals surface area contributed by atoms with Crippen LogP contribution in [0, 0.1) is 0 Å². The number of ether oxygens (including phenoxy) is 1. The largest absolute Gasteiger partial charge is 0.366 e. The lowest BCUT2D eigenvalue weighted by Crippen LogP contribution is -2.36. The standard InChI is InChI=1S/C13H13BrF2O/c14-10-2-1-9-8-17-12(11(9)7-10)3-5-13(15,16)6-4-12/h1-2,7H,3-6,8H2. The second kappa shape index (κ2) is 3.75. The summed E-state index contributed by atoms with van der Waals surface area (Å²) in [6, 6.07) is 6.01. The molecular weight excluding hydrogens is 290 g/mol. The zero-order valence-corrected chi connectivity index (χ0v) is 10.9. The van der Waals surface area contributed by atoms with Crippen molar-refractivity contribution in [2.24, 2.45) is 0 Å². The van der Waals surface area contributed by atoms with Gasteiger partial charge < -0.3 is 4.74 Å². The van der Waals surface area contributed by atoms with Gasteiger partial charge in [-0.05, 0) is 36.1 Å². The number of hydrogen-bond donors (Lipinski definition) is 0. The van der Waals surface area contributed by atoms with Crippen LogP contribution < -0.4 is 0 Å². The lowest BCUT2D eigenvalue weighted by Gasteiger charge is -2.37. The van der Waals surface area contributed by atoms with Gasteiger partial charge in [0.15, 0.2) is 0 Å². The molecule has 1 aliphatic heterocycles. The van der Waals surface area contributed by atoms with E-state index in [1.807, 2.05) is 18.2 Å². The summed E-state index contributed by atoms with van der Waals surface area (Å²) in [6.07, 6.45) is 0.699. The summed E-state index contributed by atoms with van der Waals surface area (Å²) >= 11 is 3.43. The molecule has 0 unspecified atom stereocenters. The molecule has 0 N–H and O–H groups in total. The Hall–Kier alpha value is -0.480. The first-order valence-electron chi connectivity index (χ1n) is 5.82. The highest BCUT2D eigenvalue weighted by atomic mass is 79.9. The molecule has 0 bridgehead atoms. The van der Waals surface area contributed by atoms with E-state index in [0.717, 1.165) is 15.6 Å². The molecule has 17 heavy (non-hydrogen) atoms. The van der Waals surface area contributed by atoms with Crippen molar-refractivity contribution < 1.29 is 13.5 Å². The van der Waals surface area contributed by atoms with Gasteiger partial charge in [0.05, 0.1) is 12.2 Å². The van der Waals surface area contributed by atoms with Gasteiger partial charge in [0.2, 0.25) is 5.92 Å². The molecule has 1 saturated carbocycles. The number of benzene rings is 1. The minimum Gasteiger partial charge on any atom is -0.366 e. The van der Waals surface area contributed by atoms with E-state index in [1.54, 1.807) is 0 Å². The molecule has 1 fully saturated rings. The highest BCUT2D eigenvalue weighted by Gasteiger charge is 2.48. The first-order valence-corrected chi connectivity index (χ1v) is 6.61. The molecule has 1 spiro atoms. The summed E-state index contributed by atoms with van der Waals surface area (Å²) in [7, 11) is 0. The smallest absolute Gasteiger partial charge is 0.248 e. The Kier molecular flexibility index (Phi) is 2.56. The summed E-state index contributed by atoms with van der Waals surface area (Å²) in [5.41, 5.74) is 1.78. The highest BCUT2D eigenvalue weighted by molar-refractivity contribution is 9.10. The van der Waals surface area contributed by atoms with Gasteiger partial charge in [-0.1, -0.05) is 22.0 Å². The molecule has 4 heteroatoms. The predicted octanol–water partition coefficient (Wildman–Crippen LogP) is 4.38. The van der Waals surface area contributed by atoms with Crippen LogP contribution >= 0.6 is 15.9 Å². The number of alkyl halides is 2. The molecule has 1 heterocycles. The van der Waals surface area contributed by atoms with Gasteiger partial charge in [0.1, 0.15) is 0 Å². The van der Waals surface area contributed by atoms with Crippen LogP contribution in [-0.2, 0) is 16.9 Å². The summed E-state index contributed by atoms with van der Waals surface area (Å²) in [4.78, 5) is 0. The van der Waals surface area contributed by atoms with E-state index in [2.05, 4.69) is 15.9 Å². The Balaban J connectivity index is 1.95. The second-order valence-electron chi connectivity index (χ2n) is 4.94. The monoisotopic (exact) mass is 302 g/mol.